The van der Waals surface area contributed by atoms with Crippen LogP contribution in [0, 0.1) is 11.3 Å². The molecule has 9 nitrogen and oxygen atoms in total. The van der Waals surface area contributed by atoms with Crippen molar-refractivity contribution in [3.63, 3.8) is 0 Å². The van der Waals surface area contributed by atoms with Crippen molar-refractivity contribution in [1.82, 2.24) is 19.7 Å². The molecular weight excluding hydrogens is 414 g/mol. The molecule has 31 heavy (non-hydrogen) atoms. The van der Waals surface area contributed by atoms with Gasteiger partial charge in [0.1, 0.15) is 6.07 Å². The van der Waals surface area contributed by atoms with Crippen LogP contribution in [0.5, 0.6) is 0 Å². The zero-order valence-electron chi connectivity index (χ0n) is 17.2. The van der Waals surface area contributed by atoms with Crippen molar-refractivity contribution in [1.29, 1.82) is 5.26 Å². The molecule has 1 fully saturated rings. The van der Waals surface area contributed by atoms with Gasteiger partial charge in [0.2, 0.25) is 11.9 Å². The van der Waals surface area contributed by atoms with Crippen LogP contribution < -0.4 is 9.80 Å². The van der Waals surface area contributed by atoms with E-state index in [4.69, 9.17) is 4.74 Å². The molecule has 0 unspecified atom stereocenters. The van der Waals surface area contributed by atoms with E-state index in [1.54, 1.807) is 18.5 Å². The van der Waals surface area contributed by atoms with Crippen molar-refractivity contribution in [3.05, 3.63) is 47.2 Å². The van der Waals surface area contributed by atoms with E-state index in [1.165, 1.54) is 23.2 Å². The summed E-state index contributed by atoms with van der Waals surface area (Å²) in [6.45, 7) is 4.10. The maximum atomic E-state index is 11.6. The Kier molecular flexibility index (Phi) is 6.06. The van der Waals surface area contributed by atoms with E-state index in [0.29, 0.717) is 54.5 Å². The monoisotopic (exact) mass is 435 g/mol. The third kappa shape index (κ3) is 4.33. The average Bonchev–Trinajstić information content (AvgIpc) is 3.45. The lowest BCUT2D eigenvalue weighted by atomic mass is 10.2. The quantitative estimate of drug-likeness (QED) is 0.568. The number of carbonyl (C=O) groups is 1. The van der Waals surface area contributed by atoms with Crippen LogP contribution in [-0.4, -0.2) is 59.0 Å². The molecule has 1 aliphatic rings. The lowest BCUT2D eigenvalue weighted by molar-refractivity contribution is -0.116. The highest BCUT2D eigenvalue weighted by Gasteiger charge is 2.23. The Bertz CT molecular complexity index is 1140. The second-order valence-corrected chi connectivity index (χ2v) is 7.73. The van der Waals surface area contributed by atoms with Gasteiger partial charge in [-0.2, -0.15) is 5.26 Å². The minimum Gasteiger partial charge on any atom is -0.378 e. The summed E-state index contributed by atoms with van der Waals surface area (Å²) in [4.78, 5) is 19.6. The maximum Gasteiger partial charge on any atom is 0.232 e. The lowest BCUT2D eigenvalue weighted by Gasteiger charge is -2.28. The second-order valence-electron chi connectivity index (χ2n) is 6.90. The molecule has 0 bridgehead atoms. The standard InChI is InChI=1S/C21H21N7O2S/c1-15(29)26(2)21-23-17(14-31-21)12-16(13-22)19-24-25-20(27-8-10-30-11-9-27)28(19)18-6-4-3-5-7-18/h3-7,12,14H,8-11H2,1-2H3. The van der Waals surface area contributed by atoms with Crippen molar-refractivity contribution >= 4 is 40.0 Å². The molecule has 0 atom stereocenters. The van der Waals surface area contributed by atoms with Crippen molar-refractivity contribution in [2.45, 2.75) is 6.92 Å². The maximum absolute atomic E-state index is 11.6. The summed E-state index contributed by atoms with van der Waals surface area (Å²) in [6.07, 6.45) is 1.67. The first-order valence-corrected chi connectivity index (χ1v) is 10.6. The minimum atomic E-state index is -0.107. The van der Waals surface area contributed by atoms with E-state index in [0.717, 1.165) is 5.69 Å². The van der Waals surface area contributed by atoms with Gasteiger partial charge >= 0.3 is 0 Å². The molecule has 0 N–H and O–H groups in total. The van der Waals surface area contributed by atoms with Gasteiger partial charge in [-0.1, -0.05) is 18.2 Å². The van der Waals surface area contributed by atoms with Crippen molar-refractivity contribution < 1.29 is 9.53 Å². The molecule has 3 heterocycles. The first-order chi connectivity index (χ1) is 15.1. The molecule has 0 spiro atoms. The molecule has 1 amide bonds. The van der Waals surface area contributed by atoms with E-state index in [2.05, 4.69) is 26.2 Å². The number of morpholine rings is 1. The Labute approximate surface area is 183 Å². The predicted molar refractivity (Wildman–Crippen MR) is 119 cm³/mol. The molecule has 4 rings (SSSR count). The number of amides is 1. The number of nitriles is 1. The summed E-state index contributed by atoms with van der Waals surface area (Å²) in [5, 5.41) is 21.0. The van der Waals surface area contributed by atoms with Crippen LogP contribution in [0.3, 0.4) is 0 Å². The van der Waals surface area contributed by atoms with E-state index < -0.39 is 0 Å². The Balaban J connectivity index is 1.77. The number of thiazole rings is 1. The summed E-state index contributed by atoms with van der Waals surface area (Å²) in [6, 6.07) is 11.9. The SMILES string of the molecule is CC(=O)N(C)c1nc(C=C(C#N)c2nnc(N3CCOCC3)n2-c2ccccc2)cs1. The number of aromatic nitrogens is 4. The smallest absolute Gasteiger partial charge is 0.232 e. The Hall–Kier alpha value is -3.55. The number of allylic oxidation sites excluding steroid dienone is 1. The lowest BCUT2D eigenvalue weighted by Crippen LogP contribution is -2.38. The van der Waals surface area contributed by atoms with Gasteiger partial charge in [0, 0.05) is 32.4 Å². The van der Waals surface area contributed by atoms with Gasteiger partial charge in [0.05, 0.1) is 30.2 Å². The van der Waals surface area contributed by atoms with Crippen LogP contribution in [0.1, 0.15) is 18.4 Å². The molecule has 158 valence electrons. The Morgan fingerprint density at radius 3 is 2.68 bits per heavy atom. The highest BCUT2D eigenvalue weighted by atomic mass is 32.1. The highest BCUT2D eigenvalue weighted by molar-refractivity contribution is 7.14. The number of ether oxygens (including phenoxy) is 1. The zero-order chi connectivity index (χ0) is 21.8. The number of carbonyl (C=O) groups excluding carboxylic acids is 1. The molecular formula is C21H21N7O2S. The Morgan fingerprint density at radius 1 is 1.26 bits per heavy atom. The molecule has 1 aromatic carbocycles. The molecule has 0 saturated carbocycles. The van der Waals surface area contributed by atoms with Gasteiger partial charge in [-0.3, -0.25) is 14.3 Å². The highest BCUT2D eigenvalue weighted by Crippen LogP contribution is 2.27. The van der Waals surface area contributed by atoms with Crippen LogP contribution in [0.2, 0.25) is 0 Å². The fraction of sp³-hybridized carbons (Fsp3) is 0.286. The number of benzene rings is 1. The normalized spacial score (nSPS) is 14.4. The summed E-state index contributed by atoms with van der Waals surface area (Å²) < 4.78 is 7.35. The summed E-state index contributed by atoms with van der Waals surface area (Å²) in [7, 11) is 1.67. The second kappa shape index (κ2) is 9.07. The molecule has 1 saturated heterocycles. The first-order valence-electron chi connectivity index (χ1n) is 9.74. The van der Waals surface area contributed by atoms with Crippen LogP contribution in [-0.2, 0) is 9.53 Å². The summed E-state index contributed by atoms with van der Waals surface area (Å²) in [5.74, 6) is 0.995. The van der Waals surface area contributed by atoms with Gasteiger partial charge in [-0.15, -0.1) is 21.5 Å². The van der Waals surface area contributed by atoms with E-state index >= 15 is 0 Å². The van der Waals surface area contributed by atoms with Crippen LogP contribution in [0.4, 0.5) is 11.1 Å². The van der Waals surface area contributed by atoms with Gasteiger partial charge in [0.25, 0.3) is 0 Å². The van der Waals surface area contributed by atoms with E-state index in [-0.39, 0.29) is 5.91 Å². The summed E-state index contributed by atoms with van der Waals surface area (Å²) in [5.41, 5.74) is 1.78. The van der Waals surface area contributed by atoms with Crippen LogP contribution >= 0.6 is 11.3 Å². The van der Waals surface area contributed by atoms with Gasteiger partial charge < -0.3 is 9.64 Å². The van der Waals surface area contributed by atoms with Crippen LogP contribution in [0.25, 0.3) is 17.3 Å². The van der Waals surface area contributed by atoms with E-state index in [9.17, 15) is 10.1 Å². The number of rotatable bonds is 5. The van der Waals surface area contributed by atoms with Crippen molar-refractivity contribution in [2.24, 2.45) is 0 Å². The van der Waals surface area contributed by atoms with Gasteiger partial charge in [-0.05, 0) is 18.2 Å². The van der Waals surface area contributed by atoms with Gasteiger partial charge in [0.15, 0.2) is 11.0 Å². The third-order valence-electron chi connectivity index (χ3n) is 4.88. The first kappa shape index (κ1) is 20.7. The molecule has 2 aromatic heterocycles. The average molecular weight is 436 g/mol. The molecule has 0 radical (unpaired) electrons. The number of anilines is 2. The van der Waals surface area contributed by atoms with Gasteiger partial charge in [-0.25, -0.2) is 4.98 Å². The van der Waals surface area contributed by atoms with E-state index in [1.807, 2.05) is 34.9 Å². The molecule has 10 heteroatoms. The zero-order valence-corrected chi connectivity index (χ0v) is 18.0. The molecule has 0 aliphatic carbocycles. The summed E-state index contributed by atoms with van der Waals surface area (Å²) >= 11 is 1.34. The largest absolute Gasteiger partial charge is 0.378 e. The van der Waals surface area contributed by atoms with Crippen molar-refractivity contribution in [3.8, 4) is 11.8 Å². The predicted octanol–water partition coefficient (Wildman–Crippen LogP) is 2.61. The topological polar surface area (TPSA) is 100 Å². The van der Waals surface area contributed by atoms with Crippen LogP contribution in [0.15, 0.2) is 35.7 Å². The van der Waals surface area contributed by atoms with Crippen molar-refractivity contribution in [2.75, 3.05) is 43.2 Å². The molecule has 1 aliphatic heterocycles. The third-order valence-corrected chi connectivity index (χ3v) is 5.81. The fourth-order valence-electron chi connectivity index (χ4n) is 3.16. The fourth-order valence-corrected chi connectivity index (χ4v) is 3.95. The molecule has 3 aromatic rings. The Morgan fingerprint density at radius 2 is 2.00 bits per heavy atom. The number of hydrogen-bond acceptors (Lipinski definition) is 8. The minimum absolute atomic E-state index is 0.107. The number of nitrogens with zero attached hydrogens (tertiary/aromatic N) is 7. The number of para-hydroxylation sites is 1. The number of hydrogen-bond donors (Lipinski definition) is 0.